The van der Waals surface area contributed by atoms with Gasteiger partial charge in [0.25, 0.3) is 0 Å². The molecule has 0 spiro atoms. The van der Waals surface area contributed by atoms with Crippen LogP contribution < -0.4 is 9.47 Å². The maximum Gasteiger partial charge on any atom is 0.336 e. The molecule has 5 nitrogen and oxygen atoms in total. The Kier molecular flexibility index (Phi) is 5.06. The Bertz CT molecular complexity index is 733. The third-order valence-electron chi connectivity index (χ3n) is 2.81. The van der Waals surface area contributed by atoms with Crippen molar-refractivity contribution in [3.63, 3.8) is 0 Å². The lowest BCUT2D eigenvalue weighted by Crippen LogP contribution is -2.05. The van der Waals surface area contributed by atoms with Crippen LogP contribution in [0.4, 0.5) is 0 Å². The first-order valence-electron chi connectivity index (χ1n) is 6.50. The summed E-state index contributed by atoms with van der Waals surface area (Å²) in [6, 6.07) is 4.66. The lowest BCUT2D eigenvalue weighted by molar-refractivity contribution is -0.129. The maximum absolute atomic E-state index is 11.8. The second-order valence-electron chi connectivity index (χ2n) is 4.47. The minimum Gasteiger partial charge on any atom is -0.493 e. The number of methoxy groups -OCH3 is 1. The molecular weight excluding hydrogens is 302 g/mol. The molecule has 0 aliphatic heterocycles. The molecule has 0 aliphatic rings. The fraction of sp³-hybridized carbons (Fsp3) is 0.188. The summed E-state index contributed by atoms with van der Waals surface area (Å²) in [5, 5.41) is 2.77. The van der Waals surface area contributed by atoms with Crippen LogP contribution in [0.1, 0.15) is 28.0 Å². The van der Waals surface area contributed by atoms with Crippen molar-refractivity contribution >= 4 is 29.2 Å². The predicted molar refractivity (Wildman–Crippen MR) is 84.5 cm³/mol. The molecule has 0 fully saturated rings. The Morgan fingerprint density at radius 3 is 2.64 bits per heavy atom. The van der Waals surface area contributed by atoms with Gasteiger partial charge in [-0.2, -0.15) is 0 Å². The third kappa shape index (κ3) is 4.02. The second kappa shape index (κ2) is 7.00. The van der Waals surface area contributed by atoms with Gasteiger partial charge in [0.05, 0.1) is 17.8 Å². The molecule has 0 N–H and O–H groups in total. The summed E-state index contributed by atoms with van der Waals surface area (Å²) in [4.78, 5) is 27.4. The maximum atomic E-state index is 11.8. The van der Waals surface area contributed by atoms with E-state index >= 15 is 0 Å². The Balaban J connectivity index is 2.11. The monoisotopic (exact) mass is 317 g/mol. The van der Waals surface area contributed by atoms with Gasteiger partial charge in [-0.1, -0.05) is 0 Å². The summed E-state index contributed by atoms with van der Waals surface area (Å²) in [5.41, 5.74) is 1.20. The Morgan fingerprint density at radius 1 is 1.27 bits per heavy atom. The Morgan fingerprint density at radius 2 is 2.05 bits per heavy atom. The summed E-state index contributed by atoms with van der Waals surface area (Å²) < 4.78 is 10.4. The van der Waals surface area contributed by atoms with E-state index in [2.05, 4.69) is 4.98 Å². The van der Waals surface area contributed by atoms with Crippen LogP contribution in [0, 0.1) is 6.92 Å². The molecule has 22 heavy (non-hydrogen) atoms. The van der Waals surface area contributed by atoms with Crippen molar-refractivity contribution in [1.82, 2.24) is 4.98 Å². The van der Waals surface area contributed by atoms with Gasteiger partial charge in [0.2, 0.25) is 0 Å². The number of carbonyl (C=O) groups is 2. The molecule has 1 aromatic carbocycles. The van der Waals surface area contributed by atoms with Gasteiger partial charge >= 0.3 is 5.97 Å². The van der Waals surface area contributed by atoms with E-state index in [9.17, 15) is 9.59 Å². The summed E-state index contributed by atoms with van der Waals surface area (Å²) in [6.07, 6.45) is 2.88. The molecule has 0 bridgehead atoms. The number of ether oxygens (including phenoxy) is 2. The molecule has 2 rings (SSSR count). The fourth-order valence-electron chi connectivity index (χ4n) is 1.72. The highest BCUT2D eigenvalue weighted by Gasteiger charge is 2.11. The number of thiazole rings is 1. The number of ketones is 1. The van der Waals surface area contributed by atoms with Gasteiger partial charge in [0, 0.05) is 17.0 Å². The van der Waals surface area contributed by atoms with Crippen molar-refractivity contribution in [3.05, 3.63) is 45.9 Å². The molecule has 0 saturated heterocycles. The SMILES string of the molecule is COc1cc(C(C)=O)ccc1OC(=O)/C=C/c1csc(C)n1. The topological polar surface area (TPSA) is 65.5 Å². The molecule has 114 valence electrons. The van der Waals surface area contributed by atoms with Crippen LogP contribution in [0.2, 0.25) is 0 Å². The van der Waals surface area contributed by atoms with Crippen LogP contribution in [-0.4, -0.2) is 23.8 Å². The molecule has 0 amide bonds. The van der Waals surface area contributed by atoms with Gasteiger partial charge in [0.1, 0.15) is 0 Å². The number of aromatic nitrogens is 1. The molecule has 0 radical (unpaired) electrons. The van der Waals surface area contributed by atoms with E-state index < -0.39 is 5.97 Å². The van der Waals surface area contributed by atoms with Gasteiger partial charge in [-0.25, -0.2) is 9.78 Å². The highest BCUT2D eigenvalue weighted by Crippen LogP contribution is 2.28. The molecule has 1 heterocycles. The van der Waals surface area contributed by atoms with Crippen LogP contribution in [0.25, 0.3) is 6.08 Å². The first-order chi connectivity index (χ1) is 10.5. The molecule has 0 unspecified atom stereocenters. The molecular formula is C16H15NO4S. The number of carbonyl (C=O) groups excluding carboxylic acids is 2. The summed E-state index contributed by atoms with van der Waals surface area (Å²) >= 11 is 1.50. The molecule has 6 heteroatoms. The van der Waals surface area contributed by atoms with E-state index in [1.165, 1.54) is 37.5 Å². The van der Waals surface area contributed by atoms with Crippen LogP contribution in [0.5, 0.6) is 11.5 Å². The number of aryl methyl sites for hydroxylation is 1. The number of hydrogen-bond donors (Lipinski definition) is 0. The number of hydrogen-bond acceptors (Lipinski definition) is 6. The standard InChI is InChI=1S/C16H15NO4S/c1-10(18)12-4-6-14(15(8-12)20-3)21-16(19)7-5-13-9-22-11(2)17-13/h4-9H,1-3H3/b7-5+. The smallest absolute Gasteiger partial charge is 0.336 e. The highest BCUT2D eigenvalue weighted by atomic mass is 32.1. The van der Waals surface area contributed by atoms with E-state index in [4.69, 9.17) is 9.47 Å². The van der Waals surface area contributed by atoms with Crippen LogP contribution >= 0.6 is 11.3 Å². The normalized spacial score (nSPS) is 10.7. The zero-order chi connectivity index (χ0) is 16.1. The second-order valence-corrected chi connectivity index (χ2v) is 5.53. The van der Waals surface area contributed by atoms with Gasteiger partial charge in [0.15, 0.2) is 17.3 Å². The summed E-state index contributed by atoms with van der Waals surface area (Å²) in [6.45, 7) is 3.35. The quantitative estimate of drug-likeness (QED) is 0.366. The molecule has 0 atom stereocenters. The highest BCUT2D eigenvalue weighted by molar-refractivity contribution is 7.09. The molecule has 1 aromatic heterocycles. The molecule has 2 aromatic rings. The number of rotatable bonds is 5. The summed E-state index contributed by atoms with van der Waals surface area (Å²) in [7, 11) is 1.45. The van der Waals surface area contributed by atoms with Gasteiger partial charge in [-0.15, -0.1) is 11.3 Å². The molecule has 0 saturated carbocycles. The van der Waals surface area contributed by atoms with Gasteiger partial charge in [-0.3, -0.25) is 4.79 Å². The van der Waals surface area contributed by atoms with Crippen molar-refractivity contribution in [1.29, 1.82) is 0 Å². The van der Waals surface area contributed by atoms with Gasteiger partial charge < -0.3 is 9.47 Å². The Hall–Kier alpha value is -2.47. The number of benzene rings is 1. The van der Waals surface area contributed by atoms with Crippen LogP contribution in [0.15, 0.2) is 29.7 Å². The minimum atomic E-state index is -0.542. The van der Waals surface area contributed by atoms with E-state index in [0.717, 1.165) is 5.01 Å². The van der Waals surface area contributed by atoms with E-state index in [1.807, 2.05) is 12.3 Å². The van der Waals surface area contributed by atoms with E-state index in [0.29, 0.717) is 17.0 Å². The van der Waals surface area contributed by atoms with Crippen molar-refractivity contribution < 1.29 is 19.1 Å². The van der Waals surface area contributed by atoms with Crippen LogP contribution in [-0.2, 0) is 4.79 Å². The van der Waals surface area contributed by atoms with Crippen molar-refractivity contribution in [3.8, 4) is 11.5 Å². The lowest BCUT2D eigenvalue weighted by Gasteiger charge is -2.08. The van der Waals surface area contributed by atoms with Crippen molar-refractivity contribution in [2.75, 3.05) is 7.11 Å². The largest absolute Gasteiger partial charge is 0.493 e. The zero-order valence-electron chi connectivity index (χ0n) is 12.5. The third-order valence-corrected chi connectivity index (χ3v) is 3.60. The Labute approximate surface area is 132 Å². The van der Waals surface area contributed by atoms with Crippen molar-refractivity contribution in [2.24, 2.45) is 0 Å². The zero-order valence-corrected chi connectivity index (χ0v) is 13.3. The first kappa shape index (κ1) is 15.9. The van der Waals surface area contributed by atoms with Crippen LogP contribution in [0.3, 0.4) is 0 Å². The molecule has 0 aliphatic carbocycles. The summed E-state index contributed by atoms with van der Waals surface area (Å²) in [5.74, 6) is -0.0370. The predicted octanol–water partition coefficient (Wildman–Crippen LogP) is 3.28. The lowest BCUT2D eigenvalue weighted by atomic mass is 10.1. The minimum absolute atomic E-state index is 0.0880. The average molecular weight is 317 g/mol. The number of Topliss-reactive ketones (excluding diaryl/α,β-unsaturated/α-hetero) is 1. The fourth-order valence-corrected chi connectivity index (χ4v) is 2.30. The van der Waals surface area contributed by atoms with Gasteiger partial charge in [-0.05, 0) is 38.1 Å². The van der Waals surface area contributed by atoms with E-state index in [-0.39, 0.29) is 11.5 Å². The van der Waals surface area contributed by atoms with Crippen molar-refractivity contribution in [2.45, 2.75) is 13.8 Å². The average Bonchev–Trinajstić information content (AvgIpc) is 2.91. The number of nitrogens with zero attached hydrogens (tertiary/aromatic N) is 1. The van der Waals surface area contributed by atoms with E-state index in [1.54, 1.807) is 18.2 Å². The number of esters is 1. The first-order valence-corrected chi connectivity index (χ1v) is 7.38.